The zero-order valence-electron chi connectivity index (χ0n) is 24.1. The molecule has 1 heterocycles. The van der Waals surface area contributed by atoms with Crippen LogP contribution in [0.3, 0.4) is 0 Å². The third-order valence-electron chi connectivity index (χ3n) is 7.75. The van der Waals surface area contributed by atoms with Crippen molar-refractivity contribution < 1.29 is 14.7 Å². The zero-order valence-corrected chi connectivity index (χ0v) is 24.1. The second kappa shape index (κ2) is 12.2. The van der Waals surface area contributed by atoms with Gasteiger partial charge in [0.2, 0.25) is 0 Å². The minimum absolute atomic E-state index is 0.181. The molecule has 2 unspecified atom stereocenters. The molecule has 0 bridgehead atoms. The normalized spacial score (nSPS) is 14.6. The maximum atomic E-state index is 13.7. The van der Waals surface area contributed by atoms with Crippen LogP contribution in [0, 0.1) is 0 Å². The molecule has 212 valence electrons. The number of hydrogen-bond donors (Lipinski definition) is 3. The van der Waals surface area contributed by atoms with E-state index in [1.54, 1.807) is 24.5 Å². The van der Waals surface area contributed by atoms with E-state index in [2.05, 4.69) is 33.8 Å². The molecule has 3 aromatic carbocycles. The molecule has 5 rings (SSSR count). The summed E-state index contributed by atoms with van der Waals surface area (Å²) in [6, 6.07) is 20.7. The van der Waals surface area contributed by atoms with Crippen LogP contribution in [0.1, 0.15) is 76.6 Å². The van der Waals surface area contributed by atoms with Crippen molar-refractivity contribution in [3.05, 3.63) is 113 Å². The van der Waals surface area contributed by atoms with Crippen molar-refractivity contribution >= 4 is 22.6 Å². The van der Waals surface area contributed by atoms with E-state index in [0.717, 1.165) is 34.7 Å². The van der Waals surface area contributed by atoms with Crippen molar-refractivity contribution in [1.29, 1.82) is 0 Å². The number of rotatable bonds is 8. The monoisotopic (exact) mass is 549 g/mol. The fourth-order valence-electron chi connectivity index (χ4n) is 5.71. The summed E-state index contributed by atoms with van der Waals surface area (Å²) in [5.74, 6) is -0.428. The number of aromatic nitrogens is 1. The van der Waals surface area contributed by atoms with Crippen LogP contribution in [0.4, 0.5) is 0 Å². The molecule has 0 saturated carbocycles. The fourth-order valence-corrected chi connectivity index (χ4v) is 5.71. The van der Waals surface area contributed by atoms with Crippen LogP contribution in [-0.2, 0) is 25.7 Å². The van der Waals surface area contributed by atoms with Crippen LogP contribution in [-0.4, -0.2) is 39.6 Å². The summed E-state index contributed by atoms with van der Waals surface area (Å²) in [6.45, 7) is 5.82. The number of aliphatic hydroxyl groups excluding tert-OH is 1. The second-order valence-corrected chi connectivity index (χ2v) is 12.1. The van der Waals surface area contributed by atoms with Gasteiger partial charge in [-0.25, -0.2) is 0 Å². The van der Waals surface area contributed by atoms with Gasteiger partial charge in [-0.2, -0.15) is 0 Å². The number of fused-ring (bicyclic) bond motifs is 2. The van der Waals surface area contributed by atoms with Crippen LogP contribution in [0.25, 0.3) is 10.8 Å². The van der Waals surface area contributed by atoms with Gasteiger partial charge in [0.15, 0.2) is 0 Å². The number of aliphatic hydroxyl groups is 1. The van der Waals surface area contributed by atoms with E-state index in [-0.39, 0.29) is 23.8 Å². The summed E-state index contributed by atoms with van der Waals surface area (Å²) >= 11 is 0. The Labute approximate surface area is 242 Å². The number of pyridine rings is 1. The smallest absolute Gasteiger partial charge is 0.252 e. The number of benzene rings is 3. The van der Waals surface area contributed by atoms with Crippen molar-refractivity contribution in [2.45, 2.75) is 77.0 Å². The zero-order chi connectivity index (χ0) is 29.0. The molecular weight excluding hydrogens is 510 g/mol. The molecule has 1 aliphatic carbocycles. The summed E-state index contributed by atoms with van der Waals surface area (Å²) in [4.78, 5) is 30.9. The largest absolute Gasteiger partial charge is 0.391 e. The van der Waals surface area contributed by atoms with Crippen molar-refractivity contribution in [3.63, 3.8) is 0 Å². The molecular formula is C35H39N3O3. The quantitative estimate of drug-likeness (QED) is 0.267. The van der Waals surface area contributed by atoms with Gasteiger partial charge < -0.3 is 15.7 Å². The Kier molecular flexibility index (Phi) is 8.50. The molecule has 0 fully saturated rings. The minimum Gasteiger partial charge on any atom is -0.391 e. The van der Waals surface area contributed by atoms with E-state index in [9.17, 15) is 14.7 Å². The lowest BCUT2D eigenvalue weighted by Crippen LogP contribution is -2.46. The molecule has 6 heteroatoms. The number of hydrogen-bond acceptors (Lipinski definition) is 4. The summed E-state index contributed by atoms with van der Waals surface area (Å²) in [5, 5.41) is 19.5. The van der Waals surface area contributed by atoms with Crippen LogP contribution >= 0.6 is 0 Å². The van der Waals surface area contributed by atoms with E-state index in [1.165, 1.54) is 24.0 Å². The molecule has 1 aliphatic rings. The highest BCUT2D eigenvalue weighted by Crippen LogP contribution is 2.24. The number of nitrogens with zero attached hydrogens (tertiary/aromatic N) is 1. The first-order chi connectivity index (χ1) is 19.7. The number of carbonyl (C=O) groups is 2. The van der Waals surface area contributed by atoms with Gasteiger partial charge in [-0.1, -0.05) is 48.5 Å². The lowest BCUT2D eigenvalue weighted by Gasteiger charge is -2.27. The number of carbonyl (C=O) groups excluding carboxylic acids is 2. The fraction of sp³-hybridized carbons (Fsp3) is 0.343. The van der Waals surface area contributed by atoms with E-state index < -0.39 is 12.1 Å². The SMILES string of the molecule is CC(C)(C)NC(=O)c1ccccc1CC(O)C(Cc1ccc2c(c1)CCCC2)NC(=O)c1cccc2cnccc12. The lowest BCUT2D eigenvalue weighted by atomic mass is 9.88. The highest BCUT2D eigenvalue weighted by molar-refractivity contribution is 6.07. The molecule has 0 spiro atoms. The molecule has 0 saturated heterocycles. The van der Waals surface area contributed by atoms with Gasteiger partial charge in [0, 0.05) is 40.9 Å². The first-order valence-corrected chi connectivity index (χ1v) is 14.5. The van der Waals surface area contributed by atoms with Crippen LogP contribution < -0.4 is 10.6 Å². The number of amides is 2. The van der Waals surface area contributed by atoms with Crippen molar-refractivity contribution in [3.8, 4) is 0 Å². The average Bonchev–Trinajstić information content (AvgIpc) is 2.95. The Morgan fingerprint density at radius 1 is 0.878 bits per heavy atom. The van der Waals surface area contributed by atoms with Gasteiger partial charge in [0.05, 0.1) is 12.1 Å². The van der Waals surface area contributed by atoms with Gasteiger partial charge in [-0.15, -0.1) is 0 Å². The molecule has 0 aliphatic heterocycles. The van der Waals surface area contributed by atoms with E-state index >= 15 is 0 Å². The van der Waals surface area contributed by atoms with Gasteiger partial charge in [0.1, 0.15) is 0 Å². The predicted octanol–water partition coefficient (Wildman–Crippen LogP) is 5.59. The third kappa shape index (κ3) is 7.01. The molecule has 6 nitrogen and oxygen atoms in total. The summed E-state index contributed by atoms with van der Waals surface area (Å²) in [5.41, 5.74) is 5.25. The maximum Gasteiger partial charge on any atom is 0.252 e. The Bertz CT molecular complexity index is 1550. The standard InChI is InChI=1S/C35H39N3O3/c1-35(2,3)38-34(41)29-13-7-6-11-26(29)21-32(39)31(20-23-15-16-24-9-4-5-10-25(24)19-23)37-33(40)30-14-8-12-27-22-36-18-17-28(27)30/h6-8,11-19,22,31-32,39H,4-5,9-10,20-21H2,1-3H3,(H,37,40)(H,38,41). The Balaban J connectivity index is 1.43. The van der Waals surface area contributed by atoms with Crippen molar-refractivity contribution in [1.82, 2.24) is 15.6 Å². The molecule has 4 aromatic rings. The molecule has 0 radical (unpaired) electrons. The van der Waals surface area contributed by atoms with Gasteiger partial charge in [-0.3, -0.25) is 14.6 Å². The highest BCUT2D eigenvalue weighted by atomic mass is 16.3. The summed E-state index contributed by atoms with van der Waals surface area (Å²) in [6.07, 6.45) is 7.75. The van der Waals surface area contributed by atoms with Crippen LogP contribution in [0.15, 0.2) is 79.1 Å². The minimum atomic E-state index is -0.921. The average molecular weight is 550 g/mol. The van der Waals surface area contributed by atoms with Gasteiger partial charge >= 0.3 is 0 Å². The summed E-state index contributed by atoms with van der Waals surface area (Å²) in [7, 11) is 0. The molecule has 41 heavy (non-hydrogen) atoms. The van der Waals surface area contributed by atoms with Crippen LogP contribution in [0.2, 0.25) is 0 Å². The first-order valence-electron chi connectivity index (χ1n) is 14.5. The van der Waals surface area contributed by atoms with E-state index in [1.807, 2.05) is 57.2 Å². The van der Waals surface area contributed by atoms with Crippen LogP contribution in [0.5, 0.6) is 0 Å². The predicted molar refractivity (Wildman–Crippen MR) is 163 cm³/mol. The first kappa shape index (κ1) is 28.5. The van der Waals surface area contributed by atoms with Crippen molar-refractivity contribution in [2.75, 3.05) is 0 Å². The van der Waals surface area contributed by atoms with E-state index in [4.69, 9.17) is 0 Å². The van der Waals surface area contributed by atoms with E-state index in [0.29, 0.717) is 17.5 Å². The lowest BCUT2D eigenvalue weighted by molar-refractivity contribution is 0.0828. The second-order valence-electron chi connectivity index (χ2n) is 12.1. The Morgan fingerprint density at radius 2 is 1.63 bits per heavy atom. The maximum absolute atomic E-state index is 13.7. The summed E-state index contributed by atoms with van der Waals surface area (Å²) < 4.78 is 0. The number of nitrogens with one attached hydrogen (secondary N) is 2. The van der Waals surface area contributed by atoms with Gasteiger partial charge in [-0.05, 0) is 98.7 Å². The molecule has 2 atom stereocenters. The topological polar surface area (TPSA) is 91.3 Å². The Hall–Kier alpha value is -4.03. The molecule has 2 amide bonds. The third-order valence-corrected chi connectivity index (χ3v) is 7.75. The van der Waals surface area contributed by atoms with Gasteiger partial charge in [0.25, 0.3) is 11.8 Å². The highest BCUT2D eigenvalue weighted by Gasteiger charge is 2.26. The van der Waals surface area contributed by atoms with Crippen molar-refractivity contribution in [2.24, 2.45) is 0 Å². The molecule has 3 N–H and O–H groups in total. The number of aryl methyl sites for hydroxylation is 2. The molecule has 1 aromatic heterocycles. The Morgan fingerprint density at radius 3 is 2.44 bits per heavy atom.